The maximum atomic E-state index is 7.04. The van der Waals surface area contributed by atoms with E-state index in [1.807, 2.05) is 11.3 Å². The average molecular weight is 568 g/mol. The van der Waals surface area contributed by atoms with E-state index < -0.39 is 0 Å². The molecule has 0 amide bonds. The Hall–Kier alpha value is -5.38. The monoisotopic (exact) mass is 567 g/mol. The summed E-state index contributed by atoms with van der Waals surface area (Å²) < 4.78 is 9.61. The molecule has 2 heterocycles. The number of nitrogens with zero attached hydrogens (tertiary/aromatic N) is 1. The molecule has 0 radical (unpaired) electrons. The maximum absolute atomic E-state index is 7.04. The Morgan fingerprint density at radius 1 is 0.465 bits per heavy atom. The standard InChI is InChI=1S/C40H25NOS/c1-3-13-26(14-4-1)32-25-27-15-7-8-18-29(27)37-31-20-11-22-34(39(31)42-40(32)37)41(28-16-5-2-6-17-28)33-21-12-24-36-38(33)30-19-9-10-23-35(30)43-36/h1-25H. The van der Waals surface area contributed by atoms with Crippen molar-refractivity contribution >= 4 is 81.3 Å². The third-order valence-electron chi connectivity index (χ3n) is 8.43. The molecule has 2 nitrogen and oxygen atoms in total. The van der Waals surface area contributed by atoms with Crippen molar-refractivity contribution in [2.45, 2.75) is 0 Å². The number of hydrogen-bond acceptors (Lipinski definition) is 3. The summed E-state index contributed by atoms with van der Waals surface area (Å²) in [5.41, 5.74) is 7.30. The van der Waals surface area contributed by atoms with Crippen LogP contribution in [0.4, 0.5) is 17.1 Å². The van der Waals surface area contributed by atoms with E-state index in [4.69, 9.17) is 4.42 Å². The summed E-state index contributed by atoms with van der Waals surface area (Å²) in [4.78, 5) is 2.37. The van der Waals surface area contributed by atoms with Crippen LogP contribution < -0.4 is 4.90 Å². The smallest absolute Gasteiger partial charge is 0.159 e. The predicted octanol–water partition coefficient (Wildman–Crippen LogP) is 12.2. The summed E-state index contributed by atoms with van der Waals surface area (Å²) in [7, 11) is 0. The highest BCUT2D eigenvalue weighted by Crippen LogP contribution is 2.49. The van der Waals surface area contributed by atoms with E-state index in [2.05, 4.69) is 157 Å². The molecule has 2 aromatic heterocycles. The lowest BCUT2D eigenvalue weighted by Crippen LogP contribution is -2.10. The minimum atomic E-state index is 0.881. The van der Waals surface area contributed by atoms with Gasteiger partial charge in [0, 0.05) is 42.2 Å². The van der Waals surface area contributed by atoms with Crippen molar-refractivity contribution in [3.63, 3.8) is 0 Å². The molecule has 0 atom stereocenters. The van der Waals surface area contributed by atoms with Crippen molar-refractivity contribution in [2.75, 3.05) is 4.90 Å². The molecule has 0 saturated heterocycles. The highest BCUT2D eigenvalue weighted by atomic mass is 32.1. The van der Waals surface area contributed by atoms with Crippen LogP contribution in [0.2, 0.25) is 0 Å². The molecule has 0 fully saturated rings. The predicted molar refractivity (Wildman–Crippen MR) is 184 cm³/mol. The van der Waals surface area contributed by atoms with Gasteiger partial charge in [-0.15, -0.1) is 11.3 Å². The van der Waals surface area contributed by atoms with Crippen molar-refractivity contribution in [1.29, 1.82) is 0 Å². The molecule has 0 N–H and O–H groups in total. The number of anilines is 3. The Morgan fingerprint density at radius 3 is 1.98 bits per heavy atom. The summed E-state index contributed by atoms with van der Waals surface area (Å²) in [5, 5.41) is 7.20. The molecule has 7 aromatic carbocycles. The SMILES string of the molecule is c1ccc(-c2cc3ccccc3c3c2oc2c(N(c4ccccc4)c4cccc5sc6ccccc6c45)cccc23)cc1. The molecule has 0 aliphatic carbocycles. The fourth-order valence-corrected chi connectivity index (χ4v) is 7.70. The van der Waals surface area contributed by atoms with Gasteiger partial charge in [0.25, 0.3) is 0 Å². The topological polar surface area (TPSA) is 16.4 Å². The molecule has 0 bridgehead atoms. The first-order valence-electron chi connectivity index (χ1n) is 14.5. The summed E-state index contributed by atoms with van der Waals surface area (Å²) >= 11 is 1.84. The number of para-hydroxylation sites is 2. The Labute approximate surface area is 252 Å². The van der Waals surface area contributed by atoms with Crippen LogP contribution in [-0.4, -0.2) is 0 Å². The zero-order chi connectivity index (χ0) is 28.3. The highest BCUT2D eigenvalue weighted by Gasteiger charge is 2.24. The molecule has 9 aromatic rings. The Balaban J connectivity index is 1.41. The van der Waals surface area contributed by atoms with Gasteiger partial charge in [-0.1, -0.05) is 109 Å². The molecule has 0 aliphatic heterocycles. The second-order valence-corrected chi connectivity index (χ2v) is 12.0. The van der Waals surface area contributed by atoms with Gasteiger partial charge in [0.15, 0.2) is 5.58 Å². The second-order valence-electron chi connectivity index (χ2n) is 10.9. The van der Waals surface area contributed by atoms with Gasteiger partial charge in [-0.2, -0.15) is 0 Å². The zero-order valence-corrected chi connectivity index (χ0v) is 24.0. The molecular weight excluding hydrogens is 543 g/mol. The lowest BCUT2D eigenvalue weighted by molar-refractivity contribution is 0.670. The van der Waals surface area contributed by atoms with E-state index in [-0.39, 0.29) is 0 Å². The Morgan fingerprint density at radius 2 is 1.12 bits per heavy atom. The maximum Gasteiger partial charge on any atom is 0.159 e. The number of rotatable bonds is 4. The number of furan rings is 1. The molecule has 202 valence electrons. The van der Waals surface area contributed by atoms with Gasteiger partial charge in [-0.25, -0.2) is 0 Å². The zero-order valence-electron chi connectivity index (χ0n) is 23.2. The molecule has 0 unspecified atom stereocenters. The largest absolute Gasteiger partial charge is 0.453 e. The van der Waals surface area contributed by atoms with E-state index in [9.17, 15) is 0 Å². The van der Waals surface area contributed by atoms with E-state index >= 15 is 0 Å². The first-order valence-corrected chi connectivity index (χ1v) is 15.3. The molecule has 0 spiro atoms. The minimum Gasteiger partial charge on any atom is -0.453 e. The lowest BCUT2D eigenvalue weighted by atomic mass is 9.96. The molecule has 0 aliphatic rings. The van der Waals surface area contributed by atoms with Crippen LogP contribution in [0.1, 0.15) is 0 Å². The molecule has 0 saturated carbocycles. The highest BCUT2D eigenvalue weighted by molar-refractivity contribution is 7.26. The van der Waals surface area contributed by atoms with E-state index in [1.54, 1.807) is 0 Å². The van der Waals surface area contributed by atoms with Crippen LogP contribution in [0.15, 0.2) is 156 Å². The molecule has 3 heteroatoms. The van der Waals surface area contributed by atoms with Gasteiger partial charge in [0.05, 0.1) is 11.4 Å². The number of benzene rings is 7. The Kier molecular flexibility index (Phi) is 5.40. The molecular formula is C40H25NOS. The first kappa shape index (κ1) is 24.2. The van der Waals surface area contributed by atoms with Crippen LogP contribution in [0.25, 0.3) is 64.0 Å². The normalized spacial score (nSPS) is 11.7. The third-order valence-corrected chi connectivity index (χ3v) is 9.57. The molecule has 43 heavy (non-hydrogen) atoms. The number of thiophene rings is 1. The lowest BCUT2D eigenvalue weighted by Gasteiger charge is -2.26. The van der Waals surface area contributed by atoms with Gasteiger partial charge in [-0.05, 0) is 58.8 Å². The number of fused-ring (bicyclic) bond motifs is 8. The number of hydrogen-bond donors (Lipinski definition) is 0. The summed E-state index contributed by atoms with van der Waals surface area (Å²) in [5.74, 6) is 0. The van der Waals surface area contributed by atoms with Crippen molar-refractivity contribution in [1.82, 2.24) is 0 Å². The van der Waals surface area contributed by atoms with Crippen LogP contribution in [0, 0.1) is 0 Å². The van der Waals surface area contributed by atoms with Crippen molar-refractivity contribution in [2.24, 2.45) is 0 Å². The minimum absolute atomic E-state index is 0.881. The van der Waals surface area contributed by atoms with Gasteiger partial charge in [0.2, 0.25) is 0 Å². The summed E-state index contributed by atoms with van der Waals surface area (Å²) in [6.45, 7) is 0. The van der Waals surface area contributed by atoms with Crippen LogP contribution in [0.5, 0.6) is 0 Å². The van der Waals surface area contributed by atoms with Gasteiger partial charge in [0.1, 0.15) is 5.58 Å². The van der Waals surface area contributed by atoms with Gasteiger partial charge in [-0.3, -0.25) is 0 Å². The van der Waals surface area contributed by atoms with E-state index in [0.717, 1.165) is 50.1 Å². The van der Waals surface area contributed by atoms with Crippen LogP contribution in [0.3, 0.4) is 0 Å². The Bertz CT molecular complexity index is 2460. The van der Waals surface area contributed by atoms with E-state index in [1.165, 1.54) is 30.9 Å². The van der Waals surface area contributed by atoms with Crippen LogP contribution in [-0.2, 0) is 0 Å². The van der Waals surface area contributed by atoms with Gasteiger partial charge < -0.3 is 9.32 Å². The van der Waals surface area contributed by atoms with Crippen molar-refractivity contribution in [3.8, 4) is 11.1 Å². The molecule has 9 rings (SSSR count). The van der Waals surface area contributed by atoms with Crippen LogP contribution >= 0.6 is 11.3 Å². The second kappa shape index (κ2) is 9.59. The quantitative estimate of drug-likeness (QED) is 0.210. The summed E-state index contributed by atoms with van der Waals surface area (Å²) in [6, 6.07) is 54.0. The first-order chi connectivity index (χ1) is 21.3. The summed E-state index contributed by atoms with van der Waals surface area (Å²) in [6.07, 6.45) is 0. The van der Waals surface area contributed by atoms with Crippen molar-refractivity contribution in [3.05, 3.63) is 152 Å². The van der Waals surface area contributed by atoms with Gasteiger partial charge >= 0.3 is 0 Å². The average Bonchev–Trinajstić information content (AvgIpc) is 3.66. The van der Waals surface area contributed by atoms with Crippen molar-refractivity contribution < 1.29 is 4.42 Å². The fourth-order valence-electron chi connectivity index (χ4n) is 6.57. The fraction of sp³-hybridized carbons (Fsp3) is 0. The third kappa shape index (κ3) is 3.72. The van der Waals surface area contributed by atoms with E-state index in [0.29, 0.717) is 0 Å².